The maximum absolute atomic E-state index is 13.2. The molecule has 1 heterocycles. The first-order valence-electron chi connectivity index (χ1n) is 6.84. The van der Waals surface area contributed by atoms with Crippen LogP contribution in [0.25, 0.3) is 0 Å². The first-order chi connectivity index (χ1) is 10.3. The van der Waals surface area contributed by atoms with Crippen LogP contribution < -0.4 is 4.72 Å². The van der Waals surface area contributed by atoms with Gasteiger partial charge in [0.2, 0.25) is 10.0 Å². The van der Waals surface area contributed by atoms with Crippen LogP contribution in [0, 0.1) is 5.82 Å². The highest BCUT2D eigenvalue weighted by atomic mass is 32.2. The quantitative estimate of drug-likeness (QED) is 0.880. The van der Waals surface area contributed by atoms with Gasteiger partial charge in [-0.2, -0.15) is 0 Å². The van der Waals surface area contributed by atoms with Gasteiger partial charge in [0, 0.05) is 25.5 Å². The topological polar surface area (TPSA) is 54.3 Å². The van der Waals surface area contributed by atoms with Crippen LogP contribution in [0.5, 0.6) is 0 Å². The zero-order valence-electron chi connectivity index (χ0n) is 12.8. The average Bonchev–Trinajstić information content (AvgIpc) is 2.85. The van der Waals surface area contributed by atoms with Crippen molar-refractivity contribution in [3.05, 3.63) is 54.1 Å². The third-order valence-corrected chi connectivity index (χ3v) is 4.94. The number of halogens is 1. The van der Waals surface area contributed by atoms with E-state index in [1.807, 2.05) is 48.9 Å². The van der Waals surface area contributed by atoms with Crippen LogP contribution in [0.15, 0.2) is 47.5 Å². The second kappa shape index (κ2) is 6.60. The maximum Gasteiger partial charge on any atom is 0.240 e. The van der Waals surface area contributed by atoms with E-state index in [-0.39, 0.29) is 17.5 Å². The van der Waals surface area contributed by atoms with E-state index in [0.29, 0.717) is 0 Å². The Bertz CT molecular complexity index is 741. The molecule has 0 radical (unpaired) electrons. The normalized spacial score (nSPS) is 13.5. The Kier molecular flexibility index (Phi) is 5.00. The van der Waals surface area contributed by atoms with Crippen LogP contribution in [-0.4, -0.2) is 38.5 Å². The van der Waals surface area contributed by atoms with Crippen LogP contribution in [-0.2, 0) is 17.1 Å². The number of hydrogen-bond acceptors (Lipinski definition) is 3. The molecular formula is C15H20FN3O2S. The molecule has 0 aliphatic carbocycles. The van der Waals surface area contributed by atoms with Gasteiger partial charge in [0.15, 0.2) is 0 Å². The lowest BCUT2D eigenvalue weighted by Crippen LogP contribution is -2.35. The van der Waals surface area contributed by atoms with Gasteiger partial charge in [-0.15, -0.1) is 0 Å². The second-order valence-electron chi connectivity index (χ2n) is 5.33. The lowest BCUT2D eigenvalue weighted by molar-refractivity contribution is 0.289. The summed E-state index contributed by atoms with van der Waals surface area (Å²) in [5.41, 5.74) is 0.993. The minimum atomic E-state index is -3.74. The fraction of sp³-hybridized carbons (Fsp3) is 0.333. The third kappa shape index (κ3) is 3.73. The SMILES string of the molecule is CN(C)[C@@H](CNS(=O)(=O)c1cccc(F)c1)c1cccn1C. The summed E-state index contributed by atoms with van der Waals surface area (Å²) in [5, 5.41) is 0. The lowest BCUT2D eigenvalue weighted by Gasteiger charge is -2.25. The first-order valence-corrected chi connectivity index (χ1v) is 8.32. The van der Waals surface area contributed by atoms with Gasteiger partial charge in [0.25, 0.3) is 0 Å². The summed E-state index contributed by atoms with van der Waals surface area (Å²) in [4.78, 5) is 1.86. The van der Waals surface area contributed by atoms with Crippen molar-refractivity contribution in [1.82, 2.24) is 14.2 Å². The third-order valence-electron chi connectivity index (χ3n) is 3.52. The summed E-state index contributed by atoms with van der Waals surface area (Å²) >= 11 is 0. The minimum absolute atomic E-state index is 0.0723. The maximum atomic E-state index is 13.2. The molecule has 120 valence electrons. The van der Waals surface area contributed by atoms with Crippen molar-refractivity contribution >= 4 is 10.0 Å². The molecule has 22 heavy (non-hydrogen) atoms. The van der Waals surface area contributed by atoms with Crippen molar-refractivity contribution in [1.29, 1.82) is 0 Å². The molecule has 2 rings (SSSR count). The Morgan fingerprint density at radius 1 is 1.27 bits per heavy atom. The van der Waals surface area contributed by atoms with Crippen LogP contribution >= 0.6 is 0 Å². The van der Waals surface area contributed by atoms with Crippen molar-refractivity contribution in [2.24, 2.45) is 7.05 Å². The highest BCUT2D eigenvalue weighted by Gasteiger charge is 2.21. The number of likely N-dealkylation sites (N-methyl/N-ethyl adjacent to an activating group) is 1. The van der Waals surface area contributed by atoms with Gasteiger partial charge >= 0.3 is 0 Å². The minimum Gasteiger partial charge on any atom is -0.353 e. The van der Waals surface area contributed by atoms with Gasteiger partial charge in [-0.05, 0) is 44.4 Å². The smallest absolute Gasteiger partial charge is 0.240 e. The Balaban J connectivity index is 2.18. The van der Waals surface area contributed by atoms with E-state index in [1.165, 1.54) is 18.2 Å². The van der Waals surface area contributed by atoms with E-state index in [2.05, 4.69) is 4.72 Å². The van der Waals surface area contributed by atoms with Crippen LogP contribution in [0.1, 0.15) is 11.7 Å². The molecule has 1 aromatic carbocycles. The van der Waals surface area contributed by atoms with E-state index in [1.54, 1.807) is 0 Å². The molecule has 1 atom stereocenters. The molecule has 0 aliphatic rings. The summed E-state index contributed by atoms with van der Waals surface area (Å²) in [5.74, 6) is -0.575. The molecule has 0 saturated carbocycles. The van der Waals surface area contributed by atoms with E-state index >= 15 is 0 Å². The van der Waals surface area contributed by atoms with E-state index < -0.39 is 15.8 Å². The van der Waals surface area contributed by atoms with Crippen molar-refractivity contribution < 1.29 is 12.8 Å². The highest BCUT2D eigenvalue weighted by molar-refractivity contribution is 7.89. The molecule has 0 spiro atoms. The first kappa shape index (κ1) is 16.7. The van der Waals surface area contributed by atoms with Gasteiger partial charge in [-0.1, -0.05) is 6.07 Å². The zero-order valence-corrected chi connectivity index (χ0v) is 13.6. The molecule has 1 N–H and O–H groups in total. The molecule has 0 bridgehead atoms. The molecule has 0 fully saturated rings. The van der Waals surface area contributed by atoms with Crippen molar-refractivity contribution in [2.45, 2.75) is 10.9 Å². The van der Waals surface area contributed by atoms with Gasteiger partial charge in [0.05, 0.1) is 10.9 Å². The lowest BCUT2D eigenvalue weighted by atomic mass is 10.2. The number of aryl methyl sites for hydroxylation is 1. The average molecular weight is 325 g/mol. The fourth-order valence-corrected chi connectivity index (χ4v) is 3.35. The zero-order chi connectivity index (χ0) is 16.3. The summed E-state index contributed by atoms with van der Waals surface area (Å²) in [6.45, 7) is 0.198. The summed E-state index contributed by atoms with van der Waals surface area (Å²) in [6, 6.07) is 8.71. The number of hydrogen-bond donors (Lipinski definition) is 1. The molecule has 0 aliphatic heterocycles. The molecule has 5 nitrogen and oxygen atoms in total. The monoisotopic (exact) mass is 325 g/mol. The Morgan fingerprint density at radius 3 is 2.55 bits per heavy atom. The summed E-state index contributed by atoms with van der Waals surface area (Å²) in [7, 11) is 1.93. The van der Waals surface area contributed by atoms with E-state index in [4.69, 9.17) is 0 Å². The Hall–Kier alpha value is -1.70. The number of nitrogens with zero attached hydrogens (tertiary/aromatic N) is 2. The predicted molar refractivity (Wildman–Crippen MR) is 83.4 cm³/mol. The number of rotatable bonds is 6. The van der Waals surface area contributed by atoms with Gasteiger partial charge < -0.3 is 4.57 Å². The Morgan fingerprint density at radius 2 is 2.00 bits per heavy atom. The summed E-state index contributed by atoms with van der Waals surface area (Å²) < 4.78 is 42.2. The second-order valence-corrected chi connectivity index (χ2v) is 7.10. The molecule has 0 unspecified atom stereocenters. The number of benzene rings is 1. The van der Waals surface area contributed by atoms with Crippen molar-refractivity contribution in [2.75, 3.05) is 20.6 Å². The summed E-state index contributed by atoms with van der Waals surface area (Å²) in [6.07, 6.45) is 1.91. The molecule has 7 heteroatoms. The number of sulfonamides is 1. The highest BCUT2D eigenvalue weighted by Crippen LogP contribution is 2.18. The molecule has 0 amide bonds. The van der Waals surface area contributed by atoms with Crippen molar-refractivity contribution in [3.63, 3.8) is 0 Å². The van der Waals surface area contributed by atoms with Crippen LogP contribution in [0.2, 0.25) is 0 Å². The van der Waals surface area contributed by atoms with Gasteiger partial charge in [-0.25, -0.2) is 17.5 Å². The Labute approximate surface area is 130 Å². The molecular weight excluding hydrogens is 305 g/mol. The van der Waals surface area contributed by atoms with Crippen LogP contribution in [0.3, 0.4) is 0 Å². The molecule has 2 aromatic rings. The number of aromatic nitrogens is 1. The fourth-order valence-electron chi connectivity index (χ4n) is 2.28. The standard InChI is InChI=1S/C15H20FN3O2S/c1-18(2)15(14-8-5-9-19(14)3)11-17-22(20,21)13-7-4-6-12(16)10-13/h4-10,15,17H,11H2,1-3H3/t15-/m0/s1. The van der Waals surface area contributed by atoms with E-state index in [9.17, 15) is 12.8 Å². The molecule has 1 aromatic heterocycles. The van der Waals surface area contributed by atoms with Crippen molar-refractivity contribution in [3.8, 4) is 0 Å². The largest absolute Gasteiger partial charge is 0.353 e. The van der Waals surface area contributed by atoms with E-state index in [0.717, 1.165) is 11.8 Å². The number of nitrogens with one attached hydrogen (secondary N) is 1. The predicted octanol–water partition coefficient (Wildman–Crippen LogP) is 1.75. The van der Waals surface area contributed by atoms with Gasteiger partial charge in [0.1, 0.15) is 5.82 Å². The van der Waals surface area contributed by atoms with Gasteiger partial charge in [-0.3, -0.25) is 4.90 Å². The van der Waals surface area contributed by atoms with Crippen LogP contribution in [0.4, 0.5) is 4.39 Å². The molecule has 0 saturated heterocycles.